The van der Waals surface area contributed by atoms with Crippen LogP contribution < -0.4 is 9.80 Å². The Bertz CT molecular complexity index is 2440. The van der Waals surface area contributed by atoms with E-state index in [1.165, 1.54) is 72.6 Å². The van der Waals surface area contributed by atoms with Gasteiger partial charge in [-0.3, -0.25) is 0 Å². The second-order valence-corrected chi connectivity index (χ2v) is 27.9. The molecule has 0 atom stereocenters. The average molecular weight is 723 g/mol. The van der Waals surface area contributed by atoms with Crippen LogP contribution in [0.25, 0.3) is 21.9 Å². The van der Waals surface area contributed by atoms with Crippen LogP contribution in [0.1, 0.15) is 22.3 Å². The Hall–Kier alpha value is -5.17. The zero-order chi connectivity index (χ0) is 37.1. The van der Waals surface area contributed by atoms with Crippen molar-refractivity contribution in [1.29, 1.82) is 0 Å². The molecule has 0 saturated carbocycles. The van der Waals surface area contributed by atoms with Crippen LogP contribution in [0.2, 0.25) is 39.3 Å². The molecule has 1 aliphatic carbocycles. The van der Waals surface area contributed by atoms with Gasteiger partial charge in [-0.05, 0) is 137 Å². The molecule has 0 radical (unpaired) electrons. The fourth-order valence-corrected chi connectivity index (χ4v) is 22.7. The summed E-state index contributed by atoms with van der Waals surface area (Å²) in [5, 5.41) is 2.59. The van der Waals surface area contributed by atoms with Crippen molar-refractivity contribution in [2.24, 2.45) is 0 Å². The molecule has 7 aromatic rings. The number of para-hydroxylation sites is 2. The van der Waals surface area contributed by atoms with Crippen LogP contribution in [-0.4, -0.2) is 16.1 Å². The quantitative estimate of drug-likeness (QED) is 0.144. The molecule has 0 N–H and O–H groups in total. The Morgan fingerprint density at radius 1 is 0.358 bits per heavy atom. The number of rotatable bonds is 8. The van der Waals surface area contributed by atoms with Gasteiger partial charge in [0.25, 0.3) is 0 Å². The smallest absolute Gasteiger partial charge is 0.0579 e. The third-order valence-electron chi connectivity index (χ3n) is 11.4. The molecule has 0 saturated heterocycles. The Kier molecular flexibility index (Phi) is 8.59. The Balaban J connectivity index is 1.36. The number of hydrogen-bond donors (Lipinski definition) is 0. The largest absolute Gasteiger partial charge is 0.310 e. The monoisotopic (exact) mass is 722 g/mol. The summed E-state index contributed by atoms with van der Waals surface area (Å²) >= 11 is 0. The number of fused-ring (bicyclic) bond motifs is 4. The van der Waals surface area contributed by atoms with Crippen LogP contribution in [0.3, 0.4) is 0 Å². The molecule has 0 aliphatic heterocycles. The lowest BCUT2D eigenvalue weighted by Gasteiger charge is -2.51. The number of benzene rings is 7. The molecule has 0 heterocycles. The van der Waals surface area contributed by atoms with Crippen LogP contribution in [0, 0.1) is 13.8 Å². The minimum Gasteiger partial charge on any atom is -0.310 e. The molecule has 7 aromatic carbocycles. The Labute approximate surface area is 318 Å². The van der Waals surface area contributed by atoms with E-state index in [1.807, 2.05) is 0 Å². The minimum atomic E-state index is -1.94. The first-order chi connectivity index (χ1) is 25.4. The highest BCUT2D eigenvalue weighted by Gasteiger charge is 2.59. The summed E-state index contributed by atoms with van der Waals surface area (Å²) in [6, 6.07) is 58.9. The van der Waals surface area contributed by atoms with Gasteiger partial charge in [0.15, 0.2) is 0 Å². The highest BCUT2D eigenvalue weighted by Crippen LogP contribution is 2.59. The van der Waals surface area contributed by atoms with Crippen LogP contribution in [0.15, 0.2) is 158 Å². The van der Waals surface area contributed by atoms with Crippen molar-refractivity contribution < 1.29 is 0 Å². The predicted octanol–water partition coefficient (Wildman–Crippen LogP) is 14.4. The maximum absolute atomic E-state index is 2.61. The van der Waals surface area contributed by atoms with E-state index in [9.17, 15) is 0 Å². The fraction of sp³-hybridized carbons (Fsp3) is 0.184. The lowest BCUT2D eigenvalue weighted by molar-refractivity contribution is 0.953. The zero-order valence-electron chi connectivity index (χ0n) is 32.4. The molecule has 2 nitrogen and oxygen atoms in total. The van der Waals surface area contributed by atoms with E-state index in [0.29, 0.717) is 0 Å². The van der Waals surface area contributed by atoms with E-state index in [0.717, 1.165) is 5.69 Å². The second kappa shape index (κ2) is 13.0. The lowest BCUT2D eigenvalue weighted by Crippen LogP contribution is -2.63. The molecule has 264 valence electrons. The van der Waals surface area contributed by atoms with Gasteiger partial charge in [0, 0.05) is 38.8 Å². The van der Waals surface area contributed by atoms with Crippen molar-refractivity contribution in [2.45, 2.75) is 57.8 Å². The maximum atomic E-state index is 2.61. The normalized spacial score (nSPS) is 13.4. The molecule has 0 unspecified atom stereocenters. The predicted molar refractivity (Wildman–Crippen MR) is 236 cm³/mol. The summed E-state index contributed by atoms with van der Waals surface area (Å²) < 4.78 is -0.00447. The van der Waals surface area contributed by atoms with Gasteiger partial charge in [0.1, 0.15) is 0 Å². The molecular weight excluding hydrogens is 673 g/mol. The summed E-state index contributed by atoms with van der Waals surface area (Å²) in [7, 11) is -3.88. The van der Waals surface area contributed by atoms with E-state index >= 15 is 0 Å². The summed E-state index contributed by atoms with van der Waals surface area (Å²) in [5.74, 6) is 0. The molecule has 53 heavy (non-hydrogen) atoms. The van der Waals surface area contributed by atoms with E-state index in [4.69, 9.17) is 0 Å². The molecule has 0 spiro atoms. The summed E-state index contributed by atoms with van der Waals surface area (Å²) in [4.78, 5) is 4.84. The molecule has 1 aliphatic rings. The summed E-state index contributed by atoms with van der Waals surface area (Å²) in [6.07, 6.45) is 0. The highest BCUT2D eigenvalue weighted by molar-refractivity contribution is 6.99. The van der Waals surface area contributed by atoms with Crippen molar-refractivity contribution in [3.05, 3.63) is 180 Å². The average Bonchev–Trinajstić information content (AvgIpc) is 3.42. The highest BCUT2D eigenvalue weighted by atomic mass is 28.4. The van der Waals surface area contributed by atoms with E-state index in [1.54, 1.807) is 0 Å². The van der Waals surface area contributed by atoms with E-state index < -0.39 is 16.1 Å². The molecule has 0 aromatic heterocycles. The third kappa shape index (κ3) is 5.85. The van der Waals surface area contributed by atoms with Gasteiger partial charge < -0.3 is 9.80 Å². The second-order valence-electron chi connectivity index (χ2n) is 16.9. The van der Waals surface area contributed by atoms with Crippen molar-refractivity contribution in [3.8, 4) is 11.1 Å². The van der Waals surface area contributed by atoms with Gasteiger partial charge >= 0.3 is 0 Å². The van der Waals surface area contributed by atoms with Gasteiger partial charge in [0.05, 0.1) is 16.1 Å². The maximum Gasteiger partial charge on any atom is 0.0579 e. The molecule has 8 rings (SSSR count). The van der Waals surface area contributed by atoms with Gasteiger partial charge in [0.2, 0.25) is 0 Å². The zero-order valence-corrected chi connectivity index (χ0v) is 34.4. The first-order valence-electron chi connectivity index (χ1n) is 18.9. The Morgan fingerprint density at radius 2 is 0.811 bits per heavy atom. The van der Waals surface area contributed by atoms with Gasteiger partial charge in [-0.1, -0.05) is 118 Å². The number of hydrogen-bond acceptors (Lipinski definition) is 2. The Morgan fingerprint density at radius 3 is 1.32 bits per heavy atom. The van der Waals surface area contributed by atoms with Crippen LogP contribution in [-0.2, 0) is 4.66 Å². The molecular formula is C49H50N2Si2. The van der Waals surface area contributed by atoms with Crippen molar-refractivity contribution in [3.63, 3.8) is 0 Å². The topological polar surface area (TPSA) is 6.48 Å². The number of anilines is 6. The SMILES string of the molecule is Cc1cccc(N(c2ccccc2)c2ccc3c(c2)C([Si](C)(C)C)([Si](C)(C)C)c2cc4cc(N(c5ccccc5)c5cccc(C)c5)ccc4cc2-3)c1. The fourth-order valence-electron chi connectivity index (χ4n) is 9.64. The third-order valence-corrected chi connectivity index (χ3v) is 21.5. The molecule has 0 fully saturated rings. The minimum absolute atomic E-state index is 0.00447. The van der Waals surface area contributed by atoms with Crippen molar-refractivity contribution in [2.75, 3.05) is 9.80 Å². The van der Waals surface area contributed by atoms with Crippen molar-refractivity contribution in [1.82, 2.24) is 0 Å². The van der Waals surface area contributed by atoms with Gasteiger partial charge in [-0.15, -0.1) is 0 Å². The summed E-state index contributed by atoms with van der Waals surface area (Å²) in [5.41, 5.74) is 15.5. The number of nitrogens with zero attached hydrogens (tertiary/aromatic N) is 2. The first-order valence-corrected chi connectivity index (χ1v) is 25.9. The first kappa shape index (κ1) is 34.9. The van der Waals surface area contributed by atoms with Gasteiger partial charge in [-0.25, -0.2) is 0 Å². The van der Waals surface area contributed by atoms with Crippen LogP contribution in [0.4, 0.5) is 34.1 Å². The van der Waals surface area contributed by atoms with Crippen LogP contribution >= 0.6 is 0 Å². The van der Waals surface area contributed by atoms with E-state index in [-0.39, 0.29) is 4.66 Å². The summed E-state index contributed by atoms with van der Waals surface area (Å²) in [6.45, 7) is 20.0. The standard InChI is InChI=1S/C49H50N2Si2/c1-35-17-15-23-41(29-35)50(39-19-11-9-12-20-39)43-26-25-37-32-46-45-28-27-44(51(40-21-13-10-14-22-40)42-24-16-18-36(2)30-42)34-48(45)49(52(3,4)5,53(6,7)8)47(46)33-38(37)31-43/h9-34H,1-8H3. The number of aryl methyl sites for hydroxylation is 2. The van der Waals surface area contributed by atoms with Crippen LogP contribution in [0.5, 0.6) is 0 Å². The van der Waals surface area contributed by atoms with Gasteiger partial charge in [-0.2, -0.15) is 0 Å². The van der Waals surface area contributed by atoms with E-state index in [2.05, 4.69) is 221 Å². The molecule has 4 heteroatoms. The molecule has 0 amide bonds. The lowest BCUT2D eigenvalue weighted by atomic mass is 9.99. The molecule has 0 bridgehead atoms. The van der Waals surface area contributed by atoms with Crippen molar-refractivity contribution >= 4 is 61.0 Å².